The van der Waals surface area contributed by atoms with Crippen molar-refractivity contribution < 1.29 is 24.3 Å². The Hall–Kier alpha value is -3.65. The highest BCUT2D eigenvalue weighted by molar-refractivity contribution is 5.89. The van der Waals surface area contributed by atoms with Gasteiger partial charge in [-0.05, 0) is 56.0 Å². The third-order valence-electron chi connectivity index (χ3n) is 5.62. The van der Waals surface area contributed by atoms with Crippen LogP contribution in [0.15, 0.2) is 76.1 Å². The van der Waals surface area contributed by atoms with Gasteiger partial charge in [0.1, 0.15) is 0 Å². The lowest BCUT2D eigenvalue weighted by Gasteiger charge is -2.31. The molecule has 8 heteroatoms. The number of carboxylic acid groups (broad SMARTS) is 2. The first-order valence-corrected chi connectivity index (χ1v) is 10.9. The lowest BCUT2D eigenvalue weighted by atomic mass is 9.93. The number of aromatic nitrogens is 1. The summed E-state index contributed by atoms with van der Waals surface area (Å²) in [4.78, 5) is 34.0. The molecule has 2 aromatic carbocycles. The summed E-state index contributed by atoms with van der Waals surface area (Å²) in [5, 5.41) is 16.3. The number of fused-ring (bicyclic) bond motifs is 1. The van der Waals surface area contributed by atoms with Crippen LogP contribution in [-0.4, -0.2) is 44.9 Å². The van der Waals surface area contributed by atoms with E-state index in [0.29, 0.717) is 35.6 Å². The Balaban J connectivity index is 0.000000331. The van der Waals surface area contributed by atoms with Gasteiger partial charge in [-0.15, -0.1) is 0 Å². The molecule has 3 aromatic rings. The van der Waals surface area contributed by atoms with Gasteiger partial charge >= 0.3 is 11.9 Å². The Labute approximate surface area is 191 Å². The predicted molar refractivity (Wildman–Crippen MR) is 124 cm³/mol. The Kier molecular flexibility index (Phi) is 8.60. The fraction of sp³-hybridized carbons (Fsp3) is 0.320. The molecule has 33 heavy (non-hydrogen) atoms. The molecule has 0 bridgehead atoms. The van der Waals surface area contributed by atoms with Gasteiger partial charge in [0.2, 0.25) is 0 Å². The summed E-state index contributed by atoms with van der Waals surface area (Å²) >= 11 is 0. The highest BCUT2D eigenvalue weighted by Gasteiger charge is 2.20. The van der Waals surface area contributed by atoms with Gasteiger partial charge in [-0.25, -0.2) is 9.59 Å². The van der Waals surface area contributed by atoms with Gasteiger partial charge in [-0.2, -0.15) is 4.74 Å². The van der Waals surface area contributed by atoms with Crippen LogP contribution < -0.4 is 5.56 Å². The zero-order valence-corrected chi connectivity index (χ0v) is 18.3. The molecule has 8 nitrogen and oxygen atoms in total. The van der Waals surface area contributed by atoms with Gasteiger partial charge in [0, 0.05) is 18.7 Å². The monoisotopic (exact) mass is 452 g/mol. The Morgan fingerprint density at radius 2 is 1.55 bits per heavy atom. The zero-order chi connectivity index (χ0) is 23.6. The lowest BCUT2D eigenvalue weighted by Crippen LogP contribution is -2.33. The van der Waals surface area contributed by atoms with E-state index < -0.39 is 11.9 Å². The van der Waals surface area contributed by atoms with Crippen molar-refractivity contribution >= 4 is 22.9 Å². The molecule has 174 valence electrons. The van der Waals surface area contributed by atoms with Crippen molar-refractivity contribution in [3.05, 3.63) is 82.7 Å². The quantitative estimate of drug-likeness (QED) is 0.527. The van der Waals surface area contributed by atoms with E-state index in [4.69, 9.17) is 14.7 Å². The van der Waals surface area contributed by atoms with E-state index in [1.54, 1.807) is 0 Å². The van der Waals surface area contributed by atoms with E-state index in [1.165, 1.54) is 23.1 Å². The molecule has 0 spiro atoms. The Morgan fingerprint density at radius 1 is 0.939 bits per heavy atom. The molecule has 1 saturated heterocycles. The van der Waals surface area contributed by atoms with Gasteiger partial charge in [0.05, 0.1) is 11.9 Å². The van der Waals surface area contributed by atoms with Crippen LogP contribution in [0.5, 0.6) is 0 Å². The second-order valence-corrected chi connectivity index (χ2v) is 8.00. The number of para-hydroxylation sites is 1. The lowest BCUT2D eigenvalue weighted by molar-refractivity contribution is -0.134. The van der Waals surface area contributed by atoms with E-state index in [1.807, 2.05) is 24.3 Å². The number of nitrogens with zero attached hydrogens (tertiary/aromatic N) is 2. The number of aliphatic carboxylic acids is 2. The maximum absolute atomic E-state index is 12.3. The minimum atomic E-state index is -1.26. The van der Waals surface area contributed by atoms with Gasteiger partial charge < -0.3 is 14.7 Å². The van der Waals surface area contributed by atoms with Gasteiger partial charge in [0.25, 0.3) is 5.56 Å². The van der Waals surface area contributed by atoms with Crippen molar-refractivity contribution in [1.82, 2.24) is 9.64 Å². The second-order valence-electron chi connectivity index (χ2n) is 8.00. The first kappa shape index (κ1) is 24.0. The van der Waals surface area contributed by atoms with E-state index >= 15 is 0 Å². The summed E-state index contributed by atoms with van der Waals surface area (Å²) in [6.07, 6.45) is 4.52. The first-order chi connectivity index (χ1) is 15.9. The molecule has 1 aromatic heterocycles. The van der Waals surface area contributed by atoms with Crippen molar-refractivity contribution in [3.63, 3.8) is 0 Å². The standard InChI is InChI=1S/C21H24N2O2.C4H4O4/c24-21-19-8-4-5-9-20(19)25-23(21)15-12-17-10-13-22(14-11-17)16-18-6-2-1-3-7-18;5-3(6)1-2-4(7)8/h1-9,17H,10-16H2;1-2H,(H,5,6)(H,7,8)/b;2-1+. The molecular weight excluding hydrogens is 424 g/mol. The van der Waals surface area contributed by atoms with E-state index in [-0.39, 0.29) is 5.56 Å². The molecule has 0 amide bonds. The third-order valence-corrected chi connectivity index (χ3v) is 5.62. The van der Waals surface area contributed by atoms with Gasteiger partial charge in [0.15, 0.2) is 5.58 Å². The Bertz CT molecular complexity index is 1120. The first-order valence-electron chi connectivity index (χ1n) is 10.9. The average molecular weight is 453 g/mol. The SMILES string of the molecule is O=C(O)/C=C/C(=O)O.O=c1c2ccccc2on1CCC1CCN(Cc2ccccc2)CC1. The molecule has 0 aliphatic carbocycles. The van der Waals surface area contributed by atoms with Crippen LogP contribution in [0, 0.1) is 5.92 Å². The summed E-state index contributed by atoms with van der Waals surface area (Å²) in [7, 11) is 0. The van der Waals surface area contributed by atoms with Crippen LogP contribution in [0.1, 0.15) is 24.8 Å². The minimum absolute atomic E-state index is 0.00267. The largest absolute Gasteiger partial charge is 0.478 e. The molecule has 1 aliphatic heterocycles. The number of carboxylic acids is 2. The van der Waals surface area contributed by atoms with E-state index in [0.717, 1.165) is 26.1 Å². The number of piperidine rings is 1. The van der Waals surface area contributed by atoms with Crippen LogP contribution >= 0.6 is 0 Å². The van der Waals surface area contributed by atoms with Crippen LogP contribution in [0.4, 0.5) is 0 Å². The average Bonchev–Trinajstić information content (AvgIpc) is 3.14. The number of hydrogen-bond acceptors (Lipinski definition) is 5. The topological polar surface area (TPSA) is 113 Å². The van der Waals surface area contributed by atoms with Crippen LogP contribution in [0.25, 0.3) is 11.0 Å². The number of rotatable bonds is 7. The normalized spacial score (nSPS) is 14.8. The molecule has 2 heterocycles. The van der Waals surface area contributed by atoms with Crippen molar-refractivity contribution in [3.8, 4) is 0 Å². The summed E-state index contributed by atoms with van der Waals surface area (Å²) in [5.41, 5.74) is 2.07. The summed E-state index contributed by atoms with van der Waals surface area (Å²) < 4.78 is 7.21. The number of aryl methyl sites for hydroxylation is 1. The van der Waals surface area contributed by atoms with Crippen LogP contribution in [-0.2, 0) is 22.7 Å². The van der Waals surface area contributed by atoms with Crippen molar-refractivity contribution in [2.75, 3.05) is 13.1 Å². The van der Waals surface area contributed by atoms with Gasteiger partial charge in [-0.1, -0.05) is 42.5 Å². The van der Waals surface area contributed by atoms with Crippen molar-refractivity contribution in [2.45, 2.75) is 32.4 Å². The molecule has 0 unspecified atom stereocenters. The molecule has 1 fully saturated rings. The molecule has 0 atom stereocenters. The maximum atomic E-state index is 12.3. The minimum Gasteiger partial charge on any atom is -0.478 e. The van der Waals surface area contributed by atoms with E-state index in [2.05, 4.69) is 35.2 Å². The smallest absolute Gasteiger partial charge is 0.328 e. The number of hydrogen-bond donors (Lipinski definition) is 2. The number of likely N-dealkylation sites (tertiary alicyclic amines) is 1. The fourth-order valence-corrected chi connectivity index (χ4v) is 3.88. The maximum Gasteiger partial charge on any atom is 0.328 e. The summed E-state index contributed by atoms with van der Waals surface area (Å²) in [6.45, 7) is 3.98. The van der Waals surface area contributed by atoms with E-state index in [9.17, 15) is 14.4 Å². The van der Waals surface area contributed by atoms with Crippen LogP contribution in [0.2, 0.25) is 0 Å². The summed E-state index contributed by atoms with van der Waals surface area (Å²) in [5.74, 6) is -1.84. The molecule has 0 radical (unpaired) electrons. The third kappa shape index (κ3) is 7.47. The second kappa shape index (κ2) is 11.8. The number of carbonyl (C=O) groups is 2. The predicted octanol–water partition coefficient (Wildman–Crippen LogP) is 3.61. The molecule has 2 N–H and O–H groups in total. The molecule has 0 saturated carbocycles. The molecule has 1 aliphatic rings. The number of benzene rings is 2. The van der Waals surface area contributed by atoms with Crippen molar-refractivity contribution in [1.29, 1.82) is 0 Å². The fourth-order valence-electron chi connectivity index (χ4n) is 3.88. The Morgan fingerprint density at radius 3 is 2.15 bits per heavy atom. The van der Waals surface area contributed by atoms with Gasteiger partial charge in [-0.3, -0.25) is 9.69 Å². The molecule has 4 rings (SSSR count). The van der Waals surface area contributed by atoms with Crippen molar-refractivity contribution in [2.24, 2.45) is 5.92 Å². The highest BCUT2D eigenvalue weighted by Crippen LogP contribution is 2.22. The van der Waals surface area contributed by atoms with Crippen LogP contribution in [0.3, 0.4) is 0 Å². The summed E-state index contributed by atoms with van der Waals surface area (Å²) in [6, 6.07) is 18.1. The molecular formula is C25H28N2O6. The highest BCUT2D eigenvalue weighted by atomic mass is 16.5. The zero-order valence-electron chi connectivity index (χ0n) is 18.3.